The van der Waals surface area contributed by atoms with Gasteiger partial charge in [0.25, 0.3) is 0 Å². The van der Waals surface area contributed by atoms with E-state index in [1.807, 2.05) is 48.5 Å². The number of anilines is 2. The molecule has 1 saturated carbocycles. The van der Waals surface area contributed by atoms with Crippen LogP contribution >= 0.6 is 0 Å². The monoisotopic (exact) mass is 451 g/mol. The summed E-state index contributed by atoms with van der Waals surface area (Å²) < 4.78 is 15.6. The standard InChI is InChI=1S/C25H33N5OS/c1-18(2)28-24-22-10-6-7-11-23(22)29-25(30-24)26-16-19-12-14-20(15-13-19)17-27-32(31)21-8-4-3-5-9-21/h3-11,18-20,27H,12-17H2,1-2H3,(H2,26,28,29,30). The van der Waals surface area contributed by atoms with Crippen LogP contribution in [0.2, 0.25) is 0 Å². The molecule has 0 radical (unpaired) electrons. The summed E-state index contributed by atoms with van der Waals surface area (Å²) in [5, 5.41) is 7.97. The summed E-state index contributed by atoms with van der Waals surface area (Å²) in [4.78, 5) is 10.3. The number of benzene rings is 2. The van der Waals surface area contributed by atoms with E-state index in [9.17, 15) is 4.21 Å². The molecular formula is C25H33N5OS. The quantitative estimate of drug-likeness (QED) is 0.428. The normalized spacial score (nSPS) is 19.7. The van der Waals surface area contributed by atoms with Crippen molar-refractivity contribution in [3.8, 4) is 0 Å². The van der Waals surface area contributed by atoms with Gasteiger partial charge in [0, 0.05) is 24.5 Å². The zero-order valence-corrected chi connectivity index (χ0v) is 19.7. The lowest BCUT2D eigenvalue weighted by molar-refractivity contribution is 0.285. The summed E-state index contributed by atoms with van der Waals surface area (Å²) in [6.45, 7) is 5.93. The minimum absolute atomic E-state index is 0.307. The van der Waals surface area contributed by atoms with Crippen molar-refractivity contribution in [3.63, 3.8) is 0 Å². The Morgan fingerprint density at radius 2 is 1.56 bits per heavy atom. The summed E-state index contributed by atoms with van der Waals surface area (Å²) in [6.07, 6.45) is 4.65. The molecule has 1 unspecified atom stereocenters. The van der Waals surface area contributed by atoms with Gasteiger partial charge in [-0.05, 0) is 75.6 Å². The number of aromatic nitrogens is 2. The highest BCUT2D eigenvalue weighted by Gasteiger charge is 2.22. The minimum Gasteiger partial charge on any atom is -0.367 e. The molecule has 1 aliphatic carbocycles. The molecule has 2 aromatic carbocycles. The molecule has 7 heteroatoms. The first-order chi connectivity index (χ1) is 15.6. The van der Waals surface area contributed by atoms with E-state index in [0.717, 1.165) is 47.5 Å². The van der Waals surface area contributed by atoms with Crippen molar-refractivity contribution in [1.82, 2.24) is 14.7 Å². The van der Waals surface area contributed by atoms with E-state index in [1.165, 1.54) is 12.8 Å². The number of rotatable bonds is 9. The van der Waals surface area contributed by atoms with Gasteiger partial charge in [-0.2, -0.15) is 4.98 Å². The zero-order chi connectivity index (χ0) is 22.3. The number of fused-ring (bicyclic) bond motifs is 1. The Kier molecular flexibility index (Phi) is 7.71. The number of nitrogens with one attached hydrogen (secondary N) is 3. The molecule has 4 rings (SSSR count). The molecule has 0 spiro atoms. The van der Waals surface area contributed by atoms with E-state index in [4.69, 9.17) is 9.97 Å². The molecule has 6 nitrogen and oxygen atoms in total. The third-order valence-corrected chi connectivity index (χ3v) is 7.13. The topological polar surface area (TPSA) is 78.9 Å². The first-order valence-electron chi connectivity index (χ1n) is 11.6. The highest BCUT2D eigenvalue weighted by molar-refractivity contribution is 7.83. The second-order valence-electron chi connectivity index (χ2n) is 8.91. The fraction of sp³-hybridized carbons (Fsp3) is 0.440. The van der Waals surface area contributed by atoms with Crippen LogP contribution in [0.15, 0.2) is 59.5 Å². The van der Waals surface area contributed by atoms with Crippen LogP contribution in [0.3, 0.4) is 0 Å². The van der Waals surface area contributed by atoms with Crippen molar-refractivity contribution in [2.75, 3.05) is 23.7 Å². The molecule has 1 aromatic heterocycles. The summed E-state index contributed by atoms with van der Waals surface area (Å²) in [7, 11) is -1.13. The van der Waals surface area contributed by atoms with Crippen LogP contribution in [0.5, 0.6) is 0 Å². The van der Waals surface area contributed by atoms with Gasteiger partial charge in [0.2, 0.25) is 5.95 Å². The molecule has 3 aromatic rings. The van der Waals surface area contributed by atoms with Crippen molar-refractivity contribution in [2.24, 2.45) is 11.8 Å². The van der Waals surface area contributed by atoms with Crippen LogP contribution in [0.1, 0.15) is 39.5 Å². The zero-order valence-electron chi connectivity index (χ0n) is 18.9. The maximum atomic E-state index is 12.4. The van der Waals surface area contributed by atoms with Gasteiger partial charge in [0.1, 0.15) is 16.8 Å². The summed E-state index contributed by atoms with van der Waals surface area (Å²) in [5.41, 5.74) is 0.953. The van der Waals surface area contributed by atoms with E-state index >= 15 is 0 Å². The predicted molar refractivity (Wildman–Crippen MR) is 133 cm³/mol. The molecule has 0 aliphatic heterocycles. The lowest BCUT2D eigenvalue weighted by Gasteiger charge is -2.28. The molecule has 0 bridgehead atoms. The van der Waals surface area contributed by atoms with Gasteiger partial charge in [-0.15, -0.1) is 0 Å². The third kappa shape index (κ3) is 6.04. The average Bonchev–Trinajstić information content (AvgIpc) is 2.82. The van der Waals surface area contributed by atoms with Crippen molar-refractivity contribution in [3.05, 3.63) is 54.6 Å². The molecule has 1 aliphatic rings. The number of hydrogen-bond acceptors (Lipinski definition) is 5. The Morgan fingerprint density at radius 1 is 0.906 bits per heavy atom. The highest BCUT2D eigenvalue weighted by Crippen LogP contribution is 2.29. The van der Waals surface area contributed by atoms with Crippen molar-refractivity contribution < 1.29 is 4.21 Å². The highest BCUT2D eigenvalue weighted by atomic mass is 32.2. The molecule has 0 amide bonds. The molecular weight excluding hydrogens is 418 g/mol. The molecule has 1 fully saturated rings. The number of nitrogens with zero attached hydrogens (tertiary/aromatic N) is 2. The second kappa shape index (κ2) is 10.9. The second-order valence-corrected chi connectivity index (χ2v) is 10.2. The van der Waals surface area contributed by atoms with Crippen LogP contribution in [0.4, 0.5) is 11.8 Å². The lowest BCUT2D eigenvalue weighted by Crippen LogP contribution is -2.29. The Bertz CT molecular complexity index is 1030. The minimum atomic E-state index is -1.13. The van der Waals surface area contributed by atoms with Crippen molar-refractivity contribution in [2.45, 2.75) is 50.5 Å². The van der Waals surface area contributed by atoms with Gasteiger partial charge in [-0.1, -0.05) is 30.3 Å². The number of para-hydroxylation sites is 1. The van der Waals surface area contributed by atoms with Crippen molar-refractivity contribution >= 4 is 33.7 Å². The predicted octanol–water partition coefficient (Wildman–Crippen LogP) is 4.98. The largest absolute Gasteiger partial charge is 0.367 e. The maximum absolute atomic E-state index is 12.4. The van der Waals surface area contributed by atoms with Crippen LogP contribution in [0.25, 0.3) is 10.9 Å². The smallest absolute Gasteiger partial charge is 0.225 e. The summed E-state index contributed by atoms with van der Waals surface area (Å²) in [6, 6.07) is 18.0. The molecule has 1 heterocycles. The molecule has 32 heavy (non-hydrogen) atoms. The van der Waals surface area contributed by atoms with Crippen LogP contribution < -0.4 is 15.4 Å². The van der Waals surface area contributed by atoms with Crippen LogP contribution in [0, 0.1) is 11.8 Å². The maximum Gasteiger partial charge on any atom is 0.225 e. The lowest BCUT2D eigenvalue weighted by atomic mass is 9.82. The van der Waals surface area contributed by atoms with Gasteiger partial charge in [-0.25, -0.2) is 13.9 Å². The van der Waals surface area contributed by atoms with Gasteiger partial charge in [0.05, 0.1) is 10.4 Å². The molecule has 0 saturated heterocycles. The Balaban J connectivity index is 1.27. The Hall–Kier alpha value is -2.51. The van der Waals surface area contributed by atoms with E-state index < -0.39 is 11.0 Å². The van der Waals surface area contributed by atoms with E-state index in [-0.39, 0.29) is 0 Å². The van der Waals surface area contributed by atoms with Crippen LogP contribution in [-0.2, 0) is 11.0 Å². The van der Waals surface area contributed by atoms with E-state index in [1.54, 1.807) is 0 Å². The SMILES string of the molecule is CC(C)Nc1nc(NCC2CCC(CNS(=O)c3ccccc3)CC2)nc2ccccc12. The van der Waals surface area contributed by atoms with Crippen molar-refractivity contribution in [1.29, 1.82) is 0 Å². The summed E-state index contributed by atoms with van der Waals surface area (Å²) >= 11 is 0. The fourth-order valence-electron chi connectivity index (χ4n) is 4.24. The third-order valence-electron chi connectivity index (χ3n) is 6.00. The fourth-order valence-corrected chi connectivity index (χ4v) is 5.19. The first kappa shape index (κ1) is 22.7. The Labute approximate surface area is 193 Å². The molecule has 3 N–H and O–H groups in total. The Morgan fingerprint density at radius 3 is 2.28 bits per heavy atom. The van der Waals surface area contributed by atoms with Gasteiger partial charge < -0.3 is 10.6 Å². The first-order valence-corrected chi connectivity index (χ1v) is 12.7. The van der Waals surface area contributed by atoms with Gasteiger partial charge in [-0.3, -0.25) is 0 Å². The van der Waals surface area contributed by atoms with Gasteiger partial charge in [0.15, 0.2) is 0 Å². The van der Waals surface area contributed by atoms with Gasteiger partial charge >= 0.3 is 0 Å². The average molecular weight is 452 g/mol. The van der Waals surface area contributed by atoms with E-state index in [0.29, 0.717) is 23.8 Å². The van der Waals surface area contributed by atoms with Crippen LogP contribution in [-0.4, -0.2) is 33.3 Å². The van der Waals surface area contributed by atoms with E-state index in [2.05, 4.69) is 35.3 Å². The number of hydrogen-bond donors (Lipinski definition) is 3. The molecule has 1 atom stereocenters. The molecule has 170 valence electrons. The summed E-state index contributed by atoms with van der Waals surface area (Å²) in [5.74, 6) is 2.77.